The molecule has 0 saturated heterocycles. The molecule has 2 heteroatoms. The molecule has 0 aromatic heterocycles. The molecule has 0 fully saturated rings. The van der Waals surface area contributed by atoms with Crippen molar-refractivity contribution in [2.24, 2.45) is 0 Å². The van der Waals surface area contributed by atoms with Crippen molar-refractivity contribution in [1.82, 2.24) is 0 Å². The molecule has 0 aromatic rings. The molecule has 0 heterocycles. The lowest BCUT2D eigenvalue weighted by atomic mass is 10.1. The second-order valence-corrected chi connectivity index (χ2v) is 5.04. The predicted octanol–water partition coefficient (Wildman–Crippen LogP) is 5.49. The zero-order valence-corrected chi connectivity index (χ0v) is 12.4. The summed E-state index contributed by atoms with van der Waals surface area (Å²) in [5.41, 5.74) is 0. The summed E-state index contributed by atoms with van der Waals surface area (Å²) in [6.07, 6.45) is 21.0. The SMILES string of the molecule is CC=CCC=CCCCCCCCCCCC(=O)O. The number of carboxylic acid groups (broad SMARTS) is 1. The van der Waals surface area contributed by atoms with Crippen LogP contribution in [0.2, 0.25) is 0 Å². The molecule has 19 heavy (non-hydrogen) atoms. The summed E-state index contributed by atoms with van der Waals surface area (Å²) in [5.74, 6) is -0.664. The number of aliphatic carboxylic acids is 1. The smallest absolute Gasteiger partial charge is 0.303 e. The summed E-state index contributed by atoms with van der Waals surface area (Å²) < 4.78 is 0. The third-order valence-electron chi connectivity index (χ3n) is 3.19. The number of unbranched alkanes of at least 4 members (excludes halogenated alkanes) is 8. The largest absolute Gasteiger partial charge is 0.481 e. The second-order valence-electron chi connectivity index (χ2n) is 5.04. The number of rotatable bonds is 13. The number of carboxylic acids is 1. The zero-order valence-electron chi connectivity index (χ0n) is 12.4. The number of allylic oxidation sites excluding steroid dienone is 4. The van der Waals surface area contributed by atoms with E-state index in [1.807, 2.05) is 0 Å². The van der Waals surface area contributed by atoms with Crippen LogP contribution in [0.3, 0.4) is 0 Å². The Balaban J connectivity index is 3.06. The van der Waals surface area contributed by atoms with Gasteiger partial charge in [0.1, 0.15) is 0 Å². The summed E-state index contributed by atoms with van der Waals surface area (Å²) in [7, 11) is 0. The summed E-state index contributed by atoms with van der Waals surface area (Å²) in [5, 5.41) is 8.50. The van der Waals surface area contributed by atoms with Crippen LogP contribution in [0.15, 0.2) is 24.3 Å². The third-order valence-corrected chi connectivity index (χ3v) is 3.19. The molecule has 0 saturated carbocycles. The summed E-state index contributed by atoms with van der Waals surface area (Å²) in [6, 6.07) is 0. The molecule has 0 bridgehead atoms. The molecule has 0 radical (unpaired) electrons. The summed E-state index contributed by atoms with van der Waals surface area (Å²) >= 11 is 0. The summed E-state index contributed by atoms with van der Waals surface area (Å²) in [6.45, 7) is 2.05. The normalized spacial score (nSPS) is 11.6. The van der Waals surface area contributed by atoms with E-state index in [-0.39, 0.29) is 0 Å². The van der Waals surface area contributed by atoms with Crippen LogP contribution in [-0.2, 0) is 4.79 Å². The van der Waals surface area contributed by atoms with E-state index in [2.05, 4.69) is 31.2 Å². The van der Waals surface area contributed by atoms with Gasteiger partial charge >= 0.3 is 5.97 Å². The summed E-state index contributed by atoms with van der Waals surface area (Å²) in [4.78, 5) is 10.3. The van der Waals surface area contributed by atoms with Gasteiger partial charge in [-0.25, -0.2) is 0 Å². The Kier molecular flexibility index (Phi) is 14.2. The highest BCUT2D eigenvalue weighted by atomic mass is 16.4. The van der Waals surface area contributed by atoms with Crippen LogP contribution in [-0.4, -0.2) is 11.1 Å². The van der Waals surface area contributed by atoms with Gasteiger partial charge in [-0.3, -0.25) is 4.79 Å². The quantitative estimate of drug-likeness (QED) is 0.353. The van der Waals surface area contributed by atoms with Gasteiger partial charge in [0.15, 0.2) is 0 Å². The van der Waals surface area contributed by atoms with Gasteiger partial charge in [0.25, 0.3) is 0 Å². The maximum Gasteiger partial charge on any atom is 0.303 e. The third kappa shape index (κ3) is 16.9. The molecule has 0 aliphatic heterocycles. The minimum Gasteiger partial charge on any atom is -0.481 e. The van der Waals surface area contributed by atoms with Crippen LogP contribution >= 0.6 is 0 Å². The minimum absolute atomic E-state index is 0.333. The Labute approximate surface area is 118 Å². The average Bonchev–Trinajstić information content (AvgIpc) is 2.39. The highest BCUT2D eigenvalue weighted by molar-refractivity contribution is 5.66. The van der Waals surface area contributed by atoms with E-state index in [1.165, 1.54) is 44.9 Å². The zero-order chi connectivity index (χ0) is 14.2. The van der Waals surface area contributed by atoms with Gasteiger partial charge in [0, 0.05) is 6.42 Å². The molecule has 0 amide bonds. The van der Waals surface area contributed by atoms with Crippen LogP contribution in [0, 0.1) is 0 Å². The topological polar surface area (TPSA) is 37.3 Å². The molecule has 0 aliphatic rings. The van der Waals surface area contributed by atoms with Crippen LogP contribution < -0.4 is 0 Å². The number of hydrogen-bond donors (Lipinski definition) is 1. The Morgan fingerprint density at radius 3 is 2.00 bits per heavy atom. The van der Waals surface area contributed by atoms with E-state index >= 15 is 0 Å². The molecule has 0 rings (SSSR count). The Morgan fingerprint density at radius 1 is 0.842 bits per heavy atom. The van der Waals surface area contributed by atoms with Crippen molar-refractivity contribution in [3.63, 3.8) is 0 Å². The number of carbonyl (C=O) groups is 1. The van der Waals surface area contributed by atoms with E-state index < -0.39 is 5.97 Å². The van der Waals surface area contributed by atoms with Crippen LogP contribution in [0.5, 0.6) is 0 Å². The maximum atomic E-state index is 10.3. The maximum absolute atomic E-state index is 10.3. The molecular weight excluding hydrogens is 236 g/mol. The van der Waals surface area contributed by atoms with Gasteiger partial charge in [-0.05, 0) is 32.6 Å². The first-order valence-electron chi connectivity index (χ1n) is 7.75. The monoisotopic (exact) mass is 266 g/mol. The standard InChI is InChI=1S/C17H30O2/c1-2-3-4-5-6-7-8-9-10-11-12-13-14-15-16-17(18)19/h2-3,5-6H,4,7-16H2,1H3,(H,18,19). The Morgan fingerprint density at radius 2 is 1.42 bits per heavy atom. The molecule has 2 nitrogen and oxygen atoms in total. The van der Waals surface area contributed by atoms with Crippen LogP contribution in [0.1, 0.15) is 77.6 Å². The molecule has 0 aliphatic carbocycles. The fourth-order valence-electron chi connectivity index (χ4n) is 2.03. The van der Waals surface area contributed by atoms with Crippen molar-refractivity contribution in [2.45, 2.75) is 77.6 Å². The van der Waals surface area contributed by atoms with E-state index in [9.17, 15) is 4.79 Å². The van der Waals surface area contributed by atoms with Crippen molar-refractivity contribution >= 4 is 5.97 Å². The molecule has 0 aromatic carbocycles. The van der Waals surface area contributed by atoms with Gasteiger partial charge in [0.2, 0.25) is 0 Å². The van der Waals surface area contributed by atoms with Crippen molar-refractivity contribution in [2.75, 3.05) is 0 Å². The highest BCUT2D eigenvalue weighted by Crippen LogP contribution is 2.10. The molecule has 110 valence electrons. The van der Waals surface area contributed by atoms with Gasteiger partial charge in [-0.1, -0.05) is 62.8 Å². The highest BCUT2D eigenvalue weighted by Gasteiger charge is 1.96. The molecule has 0 atom stereocenters. The van der Waals surface area contributed by atoms with Crippen molar-refractivity contribution in [3.8, 4) is 0 Å². The fourth-order valence-corrected chi connectivity index (χ4v) is 2.03. The van der Waals surface area contributed by atoms with Crippen molar-refractivity contribution in [3.05, 3.63) is 24.3 Å². The first-order chi connectivity index (χ1) is 9.27. The predicted molar refractivity (Wildman–Crippen MR) is 82.4 cm³/mol. The number of hydrogen-bond acceptors (Lipinski definition) is 1. The van der Waals surface area contributed by atoms with Gasteiger partial charge in [-0.2, -0.15) is 0 Å². The van der Waals surface area contributed by atoms with E-state index in [1.54, 1.807) is 0 Å². The molecular formula is C17H30O2. The molecule has 1 N–H and O–H groups in total. The van der Waals surface area contributed by atoms with E-state index in [0.29, 0.717) is 6.42 Å². The van der Waals surface area contributed by atoms with Crippen molar-refractivity contribution < 1.29 is 9.90 Å². The lowest BCUT2D eigenvalue weighted by Crippen LogP contribution is -1.93. The average molecular weight is 266 g/mol. The lowest BCUT2D eigenvalue weighted by Gasteiger charge is -2.00. The lowest BCUT2D eigenvalue weighted by molar-refractivity contribution is -0.137. The molecule has 0 spiro atoms. The van der Waals surface area contributed by atoms with Gasteiger partial charge in [-0.15, -0.1) is 0 Å². The minimum atomic E-state index is -0.664. The fraction of sp³-hybridized carbons (Fsp3) is 0.706. The second kappa shape index (κ2) is 15.0. The van der Waals surface area contributed by atoms with E-state index in [4.69, 9.17) is 5.11 Å². The van der Waals surface area contributed by atoms with Crippen molar-refractivity contribution in [1.29, 1.82) is 0 Å². The van der Waals surface area contributed by atoms with E-state index in [0.717, 1.165) is 19.3 Å². The van der Waals surface area contributed by atoms with Crippen LogP contribution in [0.25, 0.3) is 0 Å². The van der Waals surface area contributed by atoms with Gasteiger partial charge in [0.05, 0.1) is 0 Å². The Bertz CT molecular complexity index is 254. The van der Waals surface area contributed by atoms with Crippen LogP contribution in [0.4, 0.5) is 0 Å². The Hall–Kier alpha value is -1.05. The first kappa shape index (κ1) is 17.9. The first-order valence-corrected chi connectivity index (χ1v) is 7.75. The van der Waals surface area contributed by atoms with Gasteiger partial charge < -0.3 is 5.11 Å². The molecule has 0 unspecified atom stereocenters.